The molecule has 1 fully saturated rings. The molecule has 6 nitrogen and oxygen atoms in total. The van der Waals surface area contributed by atoms with E-state index >= 15 is 0 Å². The van der Waals surface area contributed by atoms with Gasteiger partial charge in [-0.15, -0.1) is 0 Å². The summed E-state index contributed by atoms with van der Waals surface area (Å²) < 4.78 is 9.20. The zero-order chi connectivity index (χ0) is 19.8. The van der Waals surface area contributed by atoms with E-state index < -0.39 is 0 Å². The number of carbonyl (C=O) groups excluding carboxylic acids is 1. The van der Waals surface area contributed by atoms with Gasteiger partial charge in [-0.1, -0.05) is 11.6 Å². The highest BCUT2D eigenvalue weighted by atomic mass is 35.5. The van der Waals surface area contributed by atoms with Crippen molar-refractivity contribution in [3.05, 3.63) is 62.9 Å². The molecule has 1 saturated heterocycles. The van der Waals surface area contributed by atoms with Crippen molar-refractivity contribution in [2.75, 3.05) is 6.61 Å². The summed E-state index contributed by atoms with van der Waals surface area (Å²) in [4.78, 5) is 29.9. The van der Waals surface area contributed by atoms with Crippen LogP contribution in [0.1, 0.15) is 34.6 Å². The number of rotatable bonds is 5. The van der Waals surface area contributed by atoms with Crippen LogP contribution in [-0.2, 0) is 17.8 Å². The van der Waals surface area contributed by atoms with Crippen molar-refractivity contribution in [3.8, 4) is 0 Å². The number of aryl methyl sites for hydroxylation is 1. The number of carbonyl (C=O) groups is 1. The van der Waals surface area contributed by atoms with Crippen molar-refractivity contribution < 1.29 is 9.53 Å². The van der Waals surface area contributed by atoms with Crippen LogP contribution in [0.5, 0.6) is 0 Å². The number of ether oxygens (including phenoxy) is 1. The quantitative estimate of drug-likeness (QED) is 0.615. The summed E-state index contributed by atoms with van der Waals surface area (Å²) in [5.41, 5.74) is 2.85. The number of halogens is 1. The lowest BCUT2D eigenvalue weighted by Crippen LogP contribution is -2.25. The Morgan fingerprint density at radius 3 is 2.89 bits per heavy atom. The lowest BCUT2D eigenvalue weighted by molar-refractivity contribution is 0.0948. The number of aromatic nitrogens is 3. The van der Waals surface area contributed by atoms with E-state index in [0.717, 1.165) is 37.4 Å². The molecule has 4 rings (SSSR count). The van der Waals surface area contributed by atoms with E-state index in [4.69, 9.17) is 16.3 Å². The first kappa shape index (κ1) is 18.9. The maximum Gasteiger partial charge on any atom is 0.261 e. The summed E-state index contributed by atoms with van der Waals surface area (Å²) in [6.45, 7) is 5.43. The number of fused-ring (bicyclic) bond motifs is 1. The van der Waals surface area contributed by atoms with E-state index in [-0.39, 0.29) is 24.0 Å². The maximum atomic E-state index is 12.9. The third-order valence-electron chi connectivity index (χ3n) is 5.38. The highest BCUT2D eigenvalue weighted by Gasteiger charge is 2.21. The van der Waals surface area contributed by atoms with E-state index in [1.807, 2.05) is 19.9 Å². The van der Waals surface area contributed by atoms with Crippen LogP contribution in [0.4, 0.5) is 0 Å². The molecule has 2 aromatic heterocycles. The van der Waals surface area contributed by atoms with Gasteiger partial charge in [0.1, 0.15) is 0 Å². The van der Waals surface area contributed by atoms with Gasteiger partial charge in [0.2, 0.25) is 0 Å². The van der Waals surface area contributed by atoms with E-state index in [1.54, 1.807) is 18.2 Å². The molecule has 0 bridgehead atoms. The van der Waals surface area contributed by atoms with Crippen LogP contribution in [0.15, 0.2) is 35.4 Å². The molecule has 1 atom stereocenters. The number of benzene rings is 1. The predicted octanol–water partition coefficient (Wildman–Crippen LogP) is 3.53. The van der Waals surface area contributed by atoms with Crippen molar-refractivity contribution in [1.29, 1.82) is 0 Å². The van der Waals surface area contributed by atoms with E-state index in [1.165, 1.54) is 10.9 Å². The molecular formula is C21H22ClN3O3. The number of Topliss-reactive ketones (excluding diaryl/α,β-unsaturated/α-hetero) is 1. The number of nitrogens with zero attached hydrogens (tertiary/aromatic N) is 3. The highest BCUT2D eigenvalue weighted by Crippen LogP contribution is 2.21. The zero-order valence-corrected chi connectivity index (χ0v) is 16.7. The molecule has 0 unspecified atom stereocenters. The van der Waals surface area contributed by atoms with Crippen LogP contribution in [0.2, 0.25) is 5.02 Å². The average Bonchev–Trinajstić information content (AvgIpc) is 3.28. The van der Waals surface area contributed by atoms with Crippen molar-refractivity contribution in [2.45, 2.75) is 45.9 Å². The Labute approximate surface area is 167 Å². The highest BCUT2D eigenvalue weighted by molar-refractivity contribution is 6.31. The fourth-order valence-electron chi connectivity index (χ4n) is 3.84. The van der Waals surface area contributed by atoms with Crippen LogP contribution in [0, 0.1) is 13.8 Å². The molecule has 7 heteroatoms. The molecule has 1 aromatic carbocycles. The summed E-state index contributed by atoms with van der Waals surface area (Å²) >= 11 is 6.00. The molecule has 0 spiro atoms. The Kier molecular flexibility index (Phi) is 5.08. The predicted molar refractivity (Wildman–Crippen MR) is 108 cm³/mol. The first-order valence-electron chi connectivity index (χ1n) is 9.40. The Morgan fingerprint density at radius 1 is 1.32 bits per heavy atom. The second kappa shape index (κ2) is 7.53. The molecule has 1 aliphatic rings. The lowest BCUT2D eigenvalue weighted by atomic mass is 10.1. The largest absolute Gasteiger partial charge is 0.376 e. The topological polar surface area (TPSA) is 66.1 Å². The van der Waals surface area contributed by atoms with Crippen molar-refractivity contribution >= 4 is 28.3 Å². The first-order chi connectivity index (χ1) is 13.4. The minimum Gasteiger partial charge on any atom is -0.376 e. The van der Waals surface area contributed by atoms with Gasteiger partial charge in [-0.3, -0.25) is 14.2 Å². The summed E-state index contributed by atoms with van der Waals surface area (Å²) in [7, 11) is 0. The van der Waals surface area contributed by atoms with Crippen molar-refractivity contribution in [1.82, 2.24) is 14.1 Å². The zero-order valence-electron chi connectivity index (χ0n) is 15.9. The van der Waals surface area contributed by atoms with Gasteiger partial charge in [0.05, 0.1) is 29.9 Å². The Hall–Kier alpha value is -2.44. The van der Waals surface area contributed by atoms with Gasteiger partial charge in [-0.05, 0) is 51.0 Å². The monoisotopic (exact) mass is 399 g/mol. The minimum absolute atomic E-state index is 0.0570. The van der Waals surface area contributed by atoms with Crippen molar-refractivity contribution in [3.63, 3.8) is 0 Å². The summed E-state index contributed by atoms with van der Waals surface area (Å²) in [6, 6.07) is 6.86. The molecule has 1 aliphatic heterocycles. The fraction of sp³-hybridized carbons (Fsp3) is 0.381. The number of hydrogen-bond donors (Lipinski definition) is 0. The fourth-order valence-corrected chi connectivity index (χ4v) is 4.01. The van der Waals surface area contributed by atoms with Gasteiger partial charge >= 0.3 is 0 Å². The minimum atomic E-state index is -0.269. The summed E-state index contributed by atoms with van der Waals surface area (Å²) in [5.74, 6) is -0.114. The molecule has 0 radical (unpaired) electrons. The first-order valence-corrected chi connectivity index (χ1v) is 9.78. The summed E-state index contributed by atoms with van der Waals surface area (Å²) in [5, 5.41) is 0.875. The standard InChI is InChI=1S/C21H22ClN3O3/c1-13-8-17(14(2)25(13)10-16-4-3-7-28-16)20(26)11-24-12-23-19-6-5-15(22)9-18(19)21(24)27/h5-6,8-9,12,16H,3-4,7,10-11H2,1-2H3/t16-/m1/s1. The van der Waals surface area contributed by atoms with Crippen LogP contribution in [0.25, 0.3) is 10.9 Å². The van der Waals surface area contributed by atoms with Crippen molar-refractivity contribution in [2.24, 2.45) is 0 Å². The third-order valence-corrected chi connectivity index (χ3v) is 5.62. The SMILES string of the molecule is Cc1cc(C(=O)Cn2cnc3ccc(Cl)cc3c2=O)c(C)n1C[C@H]1CCCO1. The third kappa shape index (κ3) is 3.50. The van der Waals surface area contributed by atoms with Gasteiger partial charge in [0.15, 0.2) is 5.78 Å². The van der Waals surface area contributed by atoms with Crippen LogP contribution in [0.3, 0.4) is 0 Å². The van der Waals surface area contributed by atoms with Gasteiger partial charge in [0.25, 0.3) is 5.56 Å². The van der Waals surface area contributed by atoms with Crippen LogP contribution < -0.4 is 5.56 Å². The number of ketones is 1. The maximum absolute atomic E-state index is 12.9. The molecule has 3 heterocycles. The molecule has 0 amide bonds. The molecule has 146 valence electrons. The van der Waals surface area contributed by atoms with E-state index in [9.17, 15) is 9.59 Å². The Morgan fingerprint density at radius 2 is 2.14 bits per heavy atom. The lowest BCUT2D eigenvalue weighted by Gasteiger charge is -2.15. The molecular weight excluding hydrogens is 378 g/mol. The van der Waals surface area contributed by atoms with Gasteiger partial charge in [-0.25, -0.2) is 4.98 Å². The van der Waals surface area contributed by atoms with Gasteiger partial charge in [0, 0.05) is 35.1 Å². The average molecular weight is 400 g/mol. The van der Waals surface area contributed by atoms with Crippen LogP contribution in [-0.4, -0.2) is 32.6 Å². The second-order valence-corrected chi connectivity index (χ2v) is 7.73. The van der Waals surface area contributed by atoms with E-state index in [2.05, 4.69) is 9.55 Å². The van der Waals surface area contributed by atoms with Gasteiger partial charge in [-0.2, -0.15) is 0 Å². The van der Waals surface area contributed by atoms with Crippen LogP contribution >= 0.6 is 11.6 Å². The second-order valence-electron chi connectivity index (χ2n) is 7.29. The Balaban J connectivity index is 1.61. The van der Waals surface area contributed by atoms with E-state index in [0.29, 0.717) is 21.5 Å². The number of hydrogen-bond acceptors (Lipinski definition) is 4. The summed E-state index contributed by atoms with van der Waals surface area (Å²) in [6.07, 6.45) is 3.74. The molecule has 3 aromatic rings. The molecule has 0 N–H and O–H groups in total. The Bertz CT molecular complexity index is 1110. The normalized spacial score (nSPS) is 16.8. The smallest absolute Gasteiger partial charge is 0.261 e. The molecule has 28 heavy (non-hydrogen) atoms. The molecule has 0 saturated carbocycles. The molecule has 0 aliphatic carbocycles. The van der Waals surface area contributed by atoms with Gasteiger partial charge < -0.3 is 9.30 Å².